The summed E-state index contributed by atoms with van der Waals surface area (Å²) in [6.07, 6.45) is 0. The van der Waals surface area contributed by atoms with Gasteiger partial charge >= 0.3 is 11.9 Å². The van der Waals surface area contributed by atoms with Crippen LogP contribution in [0.15, 0.2) is 48.5 Å². The molecule has 0 amide bonds. The van der Waals surface area contributed by atoms with Crippen LogP contribution < -0.4 is 15.2 Å². The van der Waals surface area contributed by atoms with Crippen molar-refractivity contribution in [2.75, 3.05) is 0 Å². The van der Waals surface area contributed by atoms with Crippen molar-refractivity contribution in [3.8, 4) is 11.5 Å². The van der Waals surface area contributed by atoms with Crippen molar-refractivity contribution in [1.82, 2.24) is 0 Å². The number of benzene rings is 2. The van der Waals surface area contributed by atoms with Gasteiger partial charge in [0.15, 0.2) is 0 Å². The molecule has 1 unspecified atom stereocenters. The largest absolute Gasteiger partial charge is 0.425 e. The van der Waals surface area contributed by atoms with E-state index in [1.807, 2.05) is 19.1 Å². The van der Waals surface area contributed by atoms with E-state index in [9.17, 15) is 9.59 Å². The smallest absolute Gasteiger partial charge is 0.343 e. The normalized spacial score (nSPS) is 11.6. The standard InChI is InChI=1S/C17H17NO4/c1-11-3-7-14(8-4-11)22-17(20)13-5-9-15(10-6-13)21-16(19)12(2)18/h3-10,12H,18H2,1-2H3. The predicted octanol–water partition coefficient (Wildman–Crippen LogP) is 2.47. The molecule has 0 radical (unpaired) electrons. The molecule has 5 heteroatoms. The lowest BCUT2D eigenvalue weighted by Crippen LogP contribution is -2.30. The first-order chi connectivity index (χ1) is 10.5. The van der Waals surface area contributed by atoms with Crippen LogP contribution in [0.25, 0.3) is 0 Å². The average molecular weight is 299 g/mol. The van der Waals surface area contributed by atoms with Gasteiger partial charge in [0.1, 0.15) is 17.5 Å². The lowest BCUT2D eigenvalue weighted by Gasteiger charge is -2.08. The number of aryl methyl sites for hydroxylation is 1. The number of esters is 2. The third-order valence-electron chi connectivity index (χ3n) is 2.91. The van der Waals surface area contributed by atoms with E-state index in [-0.39, 0.29) is 0 Å². The van der Waals surface area contributed by atoms with Crippen molar-refractivity contribution in [2.45, 2.75) is 19.9 Å². The van der Waals surface area contributed by atoms with Gasteiger partial charge in [0.2, 0.25) is 0 Å². The molecule has 0 aliphatic heterocycles. The van der Waals surface area contributed by atoms with Gasteiger partial charge in [-0.15, -0.1) is 0 Å². The number of hydrogen-bond donors (Lipinski definition) is 1. The third-order valence-corrected chi connectivity index (χ3v) is 2.91. The molecule has 2 aromatic rings. The monoisotopic (exact) mass is 299 g/mol. The SMILES string of the molecule is Cc1ccc(OC(=O)c2ccc(OC(=O)C(C)N)cc2)cc1. The fourth-order valence-electron chi connectivity index (χ4n) is 1.64. The summed E-state index contributed by atoms with van der Waals surface area (Å²) in [4.78, 5) is 23.4. The summed E-state index contributed by atoms with van der Waals surface area (Å²) in [6.45, 7) is 3.49. The minimum absolute atomic E-state index is 0.328. The van der Waals surface area contributed by atoms with Crippen molar-refractivity contribution in [3.63, 3.8) is 0 Å². The second-order valence-corrected chi connectivity index (χ2v) is 4.94. The molecule has 0 aliphatic rings. The maximum atomic E-state index is 12.0. The summed E-state index contributed by atoms with van der Waals surface area (Å²) in [5.41, 5.74) is 6.86. The fraction of sp³-hybridized carbons (Fsp3) is 0.176. The second kappa shape index (κ2) is 6.87. The lowest BCUT2D eigenvalue weighted by atomic mass is 10.2. The zero-order valence-electron chi connectivity index (χ0n) is 12.4. The Kier molecular flexibility index (Phi) is 4.91. The number of hydrogen-bond acceptors (Lipinski definition) is 5. The van der Waals surface area contributed by atoms with E-state index in [0.29, 0.717) is 17.1 Å². The number of nitrogens with two attached hydrogens (primary N) is 1. The summed E-state index contributed by atoms with van der Waals surface area (Å²) >= 11 is 0. The Morgan fingerprint density at radius 1 is 0.909 bits per heavy atom. The van der Waals surface area contributed by atoms with Crippen molar-refractivity contribution >= 4 is 11.9 Å². The molecule has 5 nitrogen and oxygen atoms in total. The summed E-state index contributed by atoms with van der Waals surface area (Å²) in [6, 6.07) is 12.6. The second-order valence-electron chi connectivity index (χ2n) is 4.94. The van der Waals surface area contributed by atoms with Gasteiger partial charge in [-0.25, -0.2) is 9.59 Å². The molecule has 0 saturated heterocycles. The van der Waals surface area contributed by atoms with Crippen LogP contribution in [0.3, 0.4) is 0 Å². The Balaban J connectivity index is 2.02. The Hall–Kier alpha value is -2.66. The van der Waals surface area contributed by atoms with Gasteiger partial charge in [0.05, 0.1) is 5.56 Å². The van der Waals surface area contributed by atoms with E-state index in [0.717, 1.165) is 5.56 Å². The van der Waals surface area contributed by atoms with Gasteiger partial charge in [-0.3, -0.25) is 0 Å². The van der Waals surface area contributed by atoms with Gasteiger partial charge in [0, 0.05) is 0 Å². The summed E-state index contributed by atoms with van der Waals surface area (Å²) in [7, 11) is 0. The highest BCUT2D eigenvalue weighted by molar-refractivity contribution is 5.91. The van der Waals surface area contributed by atoms with E-state index >= 15 is 0 Å². The molecule has 0 aromatic heterocycles. The van der Waals surface area contributed by atoms with Crippen LogP contribution in [-0.2, 0) is 4.79 Å². The molecule has 114 valence electrons. The van der Waals surface area contributed by atoms with Crippen LogP contribution in [0.5, 0.6) is 11.5 Å². The molecule has 0 fully saturated rings. The first-order valence-corrected chi connectivity index (χ1v) is 6.82. The van der Waals surface area contributed by atoms with Crippen LogP contribution in [0, 0.1) is 6.92 Å². The highest BCUT2D eigenvalue weighted by Crippen LogP contribution is 2.16. The molecule has 1 atom stereocenters. The Morgan fingerprint density at radius 3 is 1.95 bits per heavy atom. The number of carbonyl (C=O) groups is 2. The molecule has 0 saturated carbocycles. The van der Waals surface area contributed by atoms with Gasteiger partial charge in [-0.05, 0) is 50.2 Å². The van der Waals surface area contributed by atoms with Gasteiger partial charge < -0.3 is 15.2 Å². The van der Waals surface area contributed by atoms with E-state index in [1.165, 1.54) is 31.2 Å². The van der Waals surface area contributed by atoms with Crippen LogP contribution in [-0.4, -0.2) is 18.0 Å². The van der Waals surface area contributed by atoms with Crippen LogP contribution >= 0.6 is 0 Å². The molecular weight excluding hydrogens is 282 g/mol. The Labute approximate surface area is 128 Å². The molecule has 2 N–H and O–H groups in total. The lowest BCUT2D eigenvalue weighted by molar-refractivity contribution is -0.135. The maximum absolute atomic E-state index is 12.0. The van der Waals surface area contributed by atoms with Gasteiger partial charge in [0.25, 0.3) is 0 Å². The zero-order valence-corrected chi connectivity index (χ0v) is 12.4. The van der Waals surface area contributed by atoms with Crippen molar-refractivity contribution in [3.05, 3.63) is 59.7 Å². The van der Waals surface area contributed by atoms with Gasteiger partial charge in [-0.2, -0.15) is 0 Å². The highest BCUT2D eigenvalue weighted by Gasteiger charge is 2.12. The van der Waals surface area contributed by atoms with E-state index in [4.69, 9.17) is 15.2 Å². The molecule has 0 aliphatic carbocycles. The average Bonchev–Trinajstić information content (AvgIpc) is 2.50. The molecule has 0 heterocycles. The van der Waals surface area contributed by atoms with E-state index in [1.54, 1.807) is 12.1 Å². The number of ether oxygens (including phenoxy) is 2. The molecule has 2 aromatic carbocycles. The minimum Gasteiger partial charge on any atom is -0.425 e. The molecule has 2 rings (SSSR count). The van der Waals surface area contributed by atoms with Crippen LogP contribution in [0.2, 0.25) is 0 Å². The van der Waals surface area contributed by atoms with Crippen molar-refractivity contribution in [2.24, 2.45) is 5.73 Å². The van der Waals surface area contributed by atoms with Crippen LogP contribution in [0.1, 0.15) is 22.8 Å². The number of rotatable bonds is 4. The Bertz CT molecular complexity index is 660. The highest BCUT2D eigenvalue weighted by atomic mass is 16.5. The van der Waals surface area contributed by atoms with E-state index in [2.05, 4.69) is 0 Å². The van der Waals surface area contributed by atoms with Crippen molar-refractivity contribution < 1.29 is 19.1 Å². The predicted molar refractivity (Wildman–Crippen MR) is 81.9 cm³/mol. The quantitative estimate of drug-likeness (QED) is 0.693. The molecule has 0 spiro atoms. The molecule has 22 heavy (non-hydrogen) atoms. The van der Waals surface area contributed by atoms with Gasteiger partial charge in [-0.1, -0.05) is 17.7 Å². The maximum Gasteiger partial charge on any atom is 0.343 e. The summed E-state index contributed by atoms with van der Waals surface area (Å²) in [5.74, 6) is -0.207. The first kappa shape index (κ1) is 15.7. The summed E-state index contributed by atoms with van der Waals surface area (Å²) < 4.78 is 10.3. The zero-order chi connectivity index (χ0) is 16.1. The van der Waals surface area contributed by atoms with Crippen molar-refractivity contribution in [1.29, 1.82) is 0 Å². The minimum atomic E-state index is -0.703. The topological polar surface area (TPSA) is 78.6 Å². The fourth-order valence-corrected chi connectivity index (χ4v) is 1.64. The third kappa shape index (κ3) is 4.17. The van der Waals surface area contributed by atoms with Crippen LogP contribution in [0.4, 0.5) is 0 Å². The van der Waals surface area contributed by atoms with E-state index < -0.39 is 18.0 Å². The first-order valence-electron chi connectivity index (χ1n) is 6.82. The molecular formula is C17H17NO4. The number of carbonyl (C=O) groups excluding carboxylic acids is 2. The summed E-state index contributed by atoms with van der Waals surface area (Å²) in [5, 5.41) is 0. The Morgan fingerprint density at radius 2 is 1.41 bits per heavy atom. The molecule has 0 bridgehead atoms.